The molecular formula is C11H24IN2O-. The van der Waals surface area contributed by atoms with Crippen LogP contribution in [0.25, 0.3) is 0 Å². The van der Waals surface area contributed by atoms with Gasteiger partial charge >= 0.3 is 105 Å². The summed E-state index contributed by atoms with van der Waals surface area (Å²) >= 11 is -0.358. The van der Waals surface area contributed by atoms with E-state index in [2.05, 4.69) is 10.5 Å². The Morgan fingerprint density at radius 3 is 2.33 bits per heavy atom. The molecule has 0 heterocycles. The van der Waals surface area contributed by atoms with Gasteiger partial charge in [0.2, 0.25) is 0 Å². The summed E-state index contributed by atoms with van der Waals surface area (Å²) < 4.78 is 8.74. The first kappa shape index (κ1) is 15.2. The number of nitrogens with one attached hydrogen (secondary N) is 2. The average molecular weight is 327 g/mol. The second-order valence-corrected chi connectivity index (χ2v) is 6.12. The van der Waals surface area contributed by atoms with Gasteiger partial charge in [-0.2, -0.15) is 0 Å². The fourth-order valence-electron chi connectivity index (χ4n) is 1.33. The molecule has 0 unspecified atom stereocenters. The van der Waals surface area contributed by atoms with E-state index < -0.39 is 0 Å². The average Bonchev–Trinajstić information content (AvgIpc) is 2.22. The summed E-state index contributed by atoms with van der Waals surface area (Å²) in [7, 11) is 1.87. The molecule has 0 spiro atoms. The fourth-order valence-corrected chi connectivity index (χ4v) is 2.20. The van der Waals surface area contributed by atoms with Gasteiger partial charge in [-0.15, -0.1) is 0 Å². The molecule has 0 saturated carbocycles. The van der Waals surface area contributed by atoms with Crippen molar-refractivity contribution in [3.63, 3.8) is 0 Å². The van der Waals surface area contributed by atoms with E-state index in [0.717, 1.165) is 13.0 Å². The Labute approximate surface area is 104 Å². The van der Waals surface area contributed by atoms with Crippen molar-refractivity contribution in [3.8, 4) is 0 Å². The zero-order valence-electron chi connectivity index (χ0n) is 9.94. The topological polar surface area (TPSA) is 45.1 Å². The minimum absolute atomic E-state index is 0.358. The van der Waals surface area contributed by atoms with Crippen molar-refractivity contribution >= 4 is 3.90 Å². The summed E-state index contributed by atoms with van der Waals surface area (Å²) in [6.45, 7) is 2.97. The van der Waals surface area contributed by atoms with Gasteiger partial charge in [-0.1, -0.05) is 0 Å². The van der Waals surface area contributed by atoms with Crippen molar-refractivity contribution < 1.29 is 26.2 Å². The normalized spacial score (nSPS) is 10.5. The van der Waals surface area contributed by atoms with Gasteiger partial charge in [-0.25, -0.2) is 0 Å². The summed E-state index contributed by atoms with van der Waals surface area (Å²) in [4.78, 5) is 0. The van der Waals surface area contributed by atoms with Crippen molar-refractivity contribution in [2.75, 3.05) is 13.7 Å². The molecule has 0 rings (SSSR count). The molecule has 0 bridgehead atoms. The number of unbranched alkanes of at least 4 members (excludes halogenated alkanes) is 6. The number of hydrogen-bond donors (Lipinski definition) is 2. The molecular weight excluding hydrogens is 303 g/mol. The zero-order valence-corrected chi connectivity index (χ0v) is 12.1. The van der Waals surface area contributed by atoms with E-state index in [4.69, 9.17) is 10.1 Å². The van der Waals surface area contributed by atoms with Crippen LogP contribution < -0.4 is 25.0 Å². The molecule has 0 aromatic rings. The van der Waals surface area contributed by atoms with E-state index in [0.29, 0.717) is 3.90 Å². The molecule has 0 amide bonds. The molecule has 0 aliphatic rings. The van der Waals surface area contributed by atoms with Gasteiger partial charge in [0.05, 0.1) is 0 Å². The Balaban J connectivity index is 3.01. The zero-order chi connectivity index (χ0) is 11.4. The Kier molecular flexibility index (Phi) is 12.4. The third-order valence-corrected chi connectivity index (χ3v) is 3.50. The van der Waals surface area contributed by atoms with E-state index in [9.17, 15) is 0 Å². The van der Waals surface area contributed by atoms with Crippen LogP contribution in [0.5, 0.6) is 0 Å². The van der Waals surface area contributed by atoms with Crippen LogP contribution in [0, 0.1) is 5.41 Å². The summed E-state index contributed by atoms with van der Waals surface area (Å²) in [5.41, 5.74) is 0. The molecule has 0 aliphatic carbocycles. The van der Waals surface area contributed by atoms with Crippen LogP contribution in [0.3, 0.4) is 0 Å². The van der Waals surface area contributed by atoms with Gasteiger partial charge < -0.3 is 0 Å². The van der Waals surface area contributed by atoms with Crippen LogP contribution in [0.15, 0.2) is 0 Å². The molecule has 4 heteroatoms. The van der Waals surface area contributed by atoms with Crippen molar-refractivity contribution in [3.05, 3.63) is 0 Å². The molecule has 3 nitrogen and oxygen atoms in total. The van der Waals surface area contributed by atoms with E-state index in [1.54, 1.807) is 0 Å². The standard InChI is InChI=1S/C11H24IN2O/c1-3-4-5-6-7-8-9-10-15-11(13)12-14-2/h13-14H,3-10H2,1-2H3/q-1. The van der Waals surface area contributed by atoms with Crippen molar-refractivity contribution in [2.45, 2.75) is 51.9 Å². The fraction of sp³-hybridized carbons (Fsp3) is 0.909. The number of rotatable bonds is 10. The molecule has 0 saturated heterocycles. The number of hydrogen-bond acceptors (Lipinski definition) is 3. The number of ether oxygens (including phenoxy) is 1. The Morgan fingerprint density at radius 2 is 1.73 bits per heavy atom. The monoisotopic (exact) mass is 327 g/mol. The SMILES string of the molecule is CCCCCCCCCOC(=N)[I-]NC. The van der Waals surface area contributed by atoms with Crippen molar-refractivity contribution in [1.82, 2.24) is 3.53 Å². The second kappa shape index (κ2) is 12.2. The quantitative estimate of drug-likeness (QED) is 0.194. The molecule has 2 N–H and O–H groups in total. The first-order valence-corrected chi connectivity index (χ1v) is 7.99. The molecule has 0 aromatic carbocycles. The van der Waals surface area contributed by atoms with E-state index in [1.165, 1.54) is 38.5 Å². The van der Waals surface area contributed by atoms with Crippen LogP contribution in [-0.4, -0.2) is 17.6 Å². The van der Waals surface area contributed by atoms with Gasteiger partial charge in [0.15, 0.2) is 0 Å². The summed E-state index contributed by atoms with van der Waals surface area (Å²) in [5, 5.41) is 7.42. The third-order valence-electron chi connectivity index (χ3n) is 2.16. The third kappa shape index (κ3) is 12.1. The Bertz CT molecular complexity index is 154. The first-order valence-electron chi connectivity index (χ1n) is 5.83. The molecule has 92 valence electrons. The van der Waals surface area contributed by atoms with Crippen LogP contribution in [-0.2, 0) is 4.74 Å². The molecule has 0 fully saturated rings. The van der Waals surface area contributed by atoms with Crippen LogP contribution in [0.2, 0.25) is 0 Å². The molecule has 15 heavy (non-hydrogen) atoms. The van der Waals surface area contributed by atoms with Crippen LogP contribution in [0.4, 0.5) is 0 Å². The maximum atomic E-state index is 7.42. The predicted molar refractivity (Wildman–Crippen MR) is 60.7 cm³/mol. The molecule has 0 aromatic heterocycles. The minimum atomic E-state index is -0.358. The summed E-state index contributed by atoms with van der Waals surface area (Å²) in [5.74, 6) is 0. The van der Waals surface area contributed by atoms with E-state index in [1.807, 2.05) is 7.05 Å². The molecule has 0 aliphatic heterocycles. The van der Waals surface area contributed by atoms with Gasteiger partial charge in [-0.05, 0) is 0 Å². The second-order valence-electron chi connectivity index (χ2n) is 3.53. The van der Waals surface area contributed by atoms with Crippen LogP contribution in [0.1, 0.15) is 51.9 Å². The summed E-state index contributed by atoms with van der Waals surface area (Å²) in [6, 6.07) is 0. The first-order chi connectivity index (χ1) is 7.31. The molecule has 0 radical (unpaired) electrons. The number of halogens is 1. The van der Waals surface area contributed by atoms with Gasteiger partial charge in [0, 0.05) is 0 Å². The van der Waals surface area contributed by atoms with E-state index >= 15 is 0 Å². The Morgan fingerprint density at radius 1 is 1.13 bits per heavy atom. The maximum absolute atomic E-state index is 7.42. The van der Waals surface area contributed by atoms with Gasteiger partial charge in [0.1, 0.15) is 0 Å². The van der Waals surface area contributed by atoms with Gasteiger partial charge in [-0.3, -0.25) is 0 Å². The van der Waals surface area contributed by atoms with Crippen LogP contribution >= 0.6 is 0 Å². The van der Waals surface area contributed by atoms with E-state index in [-0.39, 0.29) is 21.5 Å². The van der Waals surface area contributed by atoms with Crippen molar-refractivity contribution in [2.24, 2.45) is 0 Å². The Hall–Kier alpha value is 0.160. The molecule has 0 atom stereocenters. The van der Waals surface area contributed by atoms with Gasteiger partial charge in [0.25, 0.3) is 0 Å². The predicted octanol–water partition coefficient (Wildman–Crippen LogP) is -0.0882. The van der Waals surface area contributed by atoms with Crippen molar-refractivity contribution in [1.29, 1.82) is 5.41 Å². The summed E-state index contributed by atoms with van der Waals surface area (Å²) in [6.07, 6.45) is 9.07.